The van der Waals surface area contributed by atoms with E-state index < -0.39 is 10.0 Å². The molecule has 1 amide bonds. The zero-order chi connectivity index (χ0) is 21.0. The summed E-state index contributed by atoms with van der Waals surface area (Å²) in [5.74, 6) is -0.252. The van der Waals surface area contributed by atoms with Gasteiger partial charge in [-0.3, -0.25) is 4.79 Å². The van der Waals surface area contributed by atoms with Crippen LogP contribution in [-0.4, -0.2) is 57.1 Å². The maximum atomic E-state index is 12.6. The molecule has 156 valence electrons. The van der Waals surface area contributed by atoms with E-state index in [9.17, 15) is 18.3 Å². The highest BCUT2D eigenvalue weighted by molar-refractivity contribution is 9.10. The lowest BCUT2D eigenvalue weighted by atomic mass is 10.1. The third-order valence-corrected chi connectivity index (χ3v) is 7.01. The number of phenols is 1. The topological polar surface area (TPSA) is 105 Å². The van der Waals surface area contributed by atoms with Gasteiger partial charge in [-0.15, -0.1) is 0 Å². The minimum absolute atomic E-state index is 0.0823. The van der Waals surface area contributed by atoms with E-state index in [1.54, 1.807) is 12.1 Å². The van der Waals surface area contributed by atoms with Gasteiger partial charge in [-0.25, -0.2) is 8.42 Å². The molecule has 3 rings (SSSR count). The highest BCUT2D eigenvalue weighted by Gasteiger charge is 2.26. The van der Waals surface area contributed by atoms with Gasteiger partial charge >= 0.3 is 0 Å². The molecule has 0 unspecified atom stereocenters. The molecule has 29 heavy (non-hydrogen) atoms. The summed E-state index contributed by atoms with van der Waals surface area (Å²) in [6.07, 6.45) is 0. The van der Waals surface area contributed by atoms with Crippen molar-refractivity contribution in [2.75, 3.05) is 33.4 Å². The van der Waals surface area contributed by atoms with Crippen molar-refractivity contribution >= 4 is 31.9 Å². The fraction of sp³-hybridized carbons (Fsp3) is 0.316. The zero-order valence-corrected chi connectivity index (χ0v) is 18.1. The lowest BCUT2D eigenvalue weighted by Gasteiger charge is -2.26. The second-order valence-corrected chi connectivity index (χ2v) is 9.14. The predicted octanol–water partition coefficient (Wildman–Crippen LogP) is 2.11. The fourth-order valence-electron chi connectivity index (χ4n) is 2.86. The Morgan fingerprint density at radius 2 is 1.90 bits per heavy atom. The van der Waals surface area contributed by atoms with Gasteiger partial charge in [0, 0.05) is 25.2 Å². The third kappa shape index (κ3) is 4.89. The van der Waals surface area contributed by atoms with Crippen LogP contribution in [0.3, 0.4) is 0 Å². The standard InChI is InChI=1S/C19H21BrN2O6S/c1-27-17-11-14(10-16(20)18(17)23)19(24)21-12-13-2-4-15(5-3-13)29(25,26)22-6-8-28-9-7-22/h2-5,10-11,23H,6-9,12H2,1H3,(H,21,24). The van der Waals surface area contributed by atoms with Crippen LogP contribution < -0.4 is 10.1 Å². The average molecular weight is 485 g/mol. The number of halogens is 1. The molecule has 0 aliphatic carbocycles. The van der Waals surface area contributed by atoms with Gasteiger partial charge in [-0.2, -0.15) is 4.31 Å². The molecule has 0 radical (unpaired) electrons. The van der Waals surface area contributed by atoms with Crippen molar-refractivity contribution in [1.29, 1.82) is 0 Å². The number of nitrogens with zero attached hydrogens (tertiary/aromatic N) is 1. The van der Waals surface area contributed by atoms with Crippen LogP contribution in [0, 0.1) is 0 Å². The number of morpholine rings is 1. The number of aromatic hydroxyl groups is 1. The first-order chi connectivity index (χ1) is 13.8. The number of carbonyl (C=O) groups excluding carboxylic acids is 1. The summed E-state index contributed by atoms with van der Waals surface area (Å²) in [7, 11) is -2.15. The van der Waals surface area contributed by atoms with E-state index in [1.807, 2.05) is 0 Å². The second-order valence-electron chi connectivity index (χ2n) is 6.35. The van der Waals surface area contributed by atoms with Gasteiger partial charge in [-0.05, 0) is 45.8 Å². The number of benzene rings is 2. The van der Waals surface area contributed by atoms with Gasteiger partial charge in [0.1, 0.15) is 0 Å². The number of nitrogens with one attached hydrogen (secondary N) is 1. The molecule has 0 bridgehead atoms. The first kappa shape index (κ1) is 21.6. The number of rotatable bonds is 6. The quantitative estimate of drug-likeness (QED) is 0.650. The molecule has 0 aromatic heterocycles. The molecule has 10 heteroatoms. The van der Waals surface area contributed by atoms with Crippen molar-refractivity contribution in [2.24, 2.45) is 0 Å². The summed E-state index contributed by atoms with van der Waals surface area (Å²) in [5, 5.41) is 12.6. The monoisotopic (exact) mass is 484 g/mol. The Bertz CT molecular complexity index is 989. The van der Waals surface area contributed by atoms with Crippen molar-refractivity contribution in [3.8, 4) is 11.5 Å². The summed E-state index contributed by atoms with van der Waals surface area (Å²) < 4.78 is 37.3. The minimum atomic E-state index is -3.55. The lowest BCUT2D eigenvalue weighted by molar-refractivity contribution is 0.0730. The van der Waals surface area contributed by atoms with Crippen LogP contribution in [0.15, 0.2) is 45.8 Å². The van der Waals surface area contributed by atoms with Crippen molar-refractivity contribution in [3.05, 3.63) is 52.0 Å². The number of hydrogen-bond acceptors (Lipinski definition) is 6. The van der Waals surface area contributed by atoms with Crippen molar-refractivity contribution < 1.29 is 27.8 Å². The molecule has 1 aliphatic heterocycles. The maximum Gasteiger partial charge on any atom is 0.251 e. The lowest BCUT2D eigenvalue weighted by Crippen LogP contribution is -2.40. The second kappa shape index (κ2) is 9.12. The highest BCUT2D eigenvalue weighted by Crippen LogP contribution is 2.35. The normalized spacial score (nSPS) is 15.1. The molecule has 1 saturated heterocycles. The average Bonchev–Trinajstić information content (AvgIpc) is 2.74. The van der Waals surface area contributed by atoms with Crippen LogP contribution in [0.25, 0.3) is 0 Å². The van der Waals surface area contributed by atoms with Crippen molar-refractivity contribution in [2.45, 2.75) is 11.4 Å². The highest BCUT2D eigenvalue weighted by atomic mass is 79.9. The van der Waals surface area contributed by atoms with Gasteiger partial charge in [0.05, 0.1) is 29.7 Å². The molecule has 8 nitrogen and oxygen atoms in total. The van der Waals surface area contributed by atoms with Gasteiger partial charge < -0.3 is 19.9 Å². The summed E-state index contributed by atoms with van der Waals surface area (Å²) in [6.45, 7) is 1.68. The van der Waals surface area contributed by atoms with Gasteiger partial charge in [-0.1, -0.05) is 12.1 Å². The third-order valence-electron chi connectivity index (χ3n) is 4.49. The van der Waals surface area contributed by atoms with Crippen LogP contribution in [0.5, 0.6) is 11.5 Å². The van der Waals surface area contributed by atoms with E-state index in [1.165, 1.54) is 35.7 Å². The number of phenolic OH excluding ortho intramolecular Hbond substituents is 1. The van der Waals surface area contributed by atoms with E-state index in [4.69, 9.17) is 9.47 Å². The number of sulfonamides is 1. The van der Waals surface area contributed by atoms with Crippen LogP contribution in [-0.2, 0) is 21.3 Å². The molecule has 1 aliphatic rings. The summed E-state index contributed by atoms with van der Waals surface area (Å²) in [4.78, 5) is 12.6. The van der Waals surface area contributed by atoms with E-state index in [2.05, 4.69) is 21.2 Å². The molecule has 0 spiro atoms. The Kier molecular flexibility index (Phi) is 6.78. The first-order valence-corrected chi connectivity index (χ1v) is 11.1. The van der Waals surface area contributed by atoms with Crippen LogP contribution >= 0.6 is 15.9 Å². The number of methoxy groups -OCH3 is 1. The minimum Gasteiger partial charge on any atom is -0.503 e. The molecule has 0 atom stereocenters. The van der Waals surface area contributed by atoms with Crippen LogP contribution in [0.1, 0.15) is 15.9 Å². The fourth-order valence-corrected chi connectivity index (χ4v) is 4.71. The van der Waals surface area contributed by atoms with Crippen LogP contribution in [0.4, 0.5) is 0 Å². The maximum absolute atomic E-state index is 12.6. The van der Waals surface area contributed by atoms with Gasteiger partial charge in [0.25, 0.3) is 5.91 Å². The largest absolute Gasteiger partial charge is 0.503 e. The molecule has 2 aromatic carbocycles. The Balaban J connectivity index is 1.66. The smallest absolute Gasteiger partial charge is 0.251 e. The summed E-state index contributed by atoms with van der Waals surface area (Å²) >= 11 is 3.18. The van der Waals surface area contributed by atoms with E-state index >= 15 is 0 Å². The van der Waals surface area contributed by atoms with Gasteiger partial charge in [0.2, 0.25) is 10.0 Å². The van der Waals surface area contributed by atoms with E-state index in [0.29, 0.717) is 36.3 Å². The molecule has 2 N–H and O–H groups in total. The molecular formula is C19H21BrN2O6S. The molecule has 1 heterocycles. The Morgan fingerprint density at radius 3 is 2.52 bits per heavy atom. The molecule has 2 aromatic rings. The Labute approximate surface area is 177 Å². The molecular weight excluding hydrogens is 464 g/mol. The van der Waals surface area contributed by atoms with Crippen molar-refractivity contribution in [1.82, 2.24) is 9.62 Å². The Hall–Kier alpha value is -2.14. The zero-order valence-electron chi connectivity index (χ0n) is 15.7. The Morgan fingerprint density at radius 1 is 1.24 bits per heavy atom. The number of ether oxygens (including phenoxy) is 2. The van der Waals surface area contributed by atoms with Gasteiger partial charge in [0.15, 0.2) is 11.5 Å². The van der Waals surface area contributed by atoms with E-state index in [0.717, 1.165) is 5.56 Å². The predicted molar refractivity (Wildman–Crippen MR) is 110 cm³/mol. The molecule has 0 saturated carbocycles. The number of hydrogen-bond donors (Lipinski definition) is 2. The summed E-state index contributed by atoms with van der Waals surface area (Å²) in [5.41, 5.74) is 1.07. The molecule has 1 fully saturated rings. The van der Waals surface area contributed by atoms with E-state index in [-0.39, 0.29) is 28.8 Å². The van der Waals surface area contributed by atoms with Crippen molar-refractivity contribution in [3.63, 3.8) is 0 Å². The number of amides is 1. The summed E-state index contributed by atoms with van der Waals surface area (Å²) in [6, 6.07) is 9.33. The SMILES string of the molecule is COc1cc(C(=O)NCc2ccc(S(=O)(=O)N3CCOCC3)cc2)cc(Br)c1O. The number of carbonyl (C=O) groups is 1. The first-order valence-electron chi connectivity index (χ1n) is 8.84. The van der Waals surface area contributed by atoms with Crippen LogP contribution in [0.2, 0.25) is 0 Å².